The standard InChI is InChI=1S/C15H25N5O4/c1-8(2)4-12(14(22)19-9(3)15(23)24)20-13(21)11(16)5-10-6-17-7-18-10/h6-9,11-12H,4-5,16H2,1-3H3,(H,17,18)(H,19,22)(H,20,21)(H,23,24). The first kappa shape index (κ1) is 19.6. The van der Waals surface area contributed by atoms with E-state index in [1.165, 1.54) is 13.3 Å². The summed E-state index contributed by atoms with van der Waals surface area (Å²) < 4.78 is 0. The zero-order valence-corrected chi connectivity index (χ0v) is 14.1. The number of hydrogen-bond donors (Lipinski definition) is 5. The molecule has 0 bridgehead atoms. The van der Waals surface area contributed by atoms with E-state index in [4.69, 9.17) is 10.8 Å². The predicted molar refractivity (Wildman–Crippen MR) is 86.9 cm³/mol. The third kappa shape index (κ3) is 6.37. The number of carbonyl (C=O) groups excluding carboxylic acids is 2. The van der Waals surface area contributed by atoms with Crippen molar-refractivity contribution in [3.05, 3.63) is 18.2 Å². The summed E-state index contributed by atoms with van der Waals surface area (Å²) in [5.41, 5.74) is 6.56. The number of aromatic nitrogens is 2. The zero-order chi connectivity index (χ0) is 18.3. The fourth-order valence-electron chi connectivity index (χ4n) is 2.08. The van der Waals surface area contributed by atoms with Crippen molar-refractivity contribution >= 4 is 17.8 Å². The molecule has 0 saturated carbocycles. The van der Waals surface area contributed by atoms with Gasteiger partial charge in [-0.15, -0.1) is 0 Å². The summed E-state index contributed by atoms with van der Waals surface area (Å²) in [5.74, 6) is -2.03. The van der Waals surface area contributed by atoms with Gasteiger partial charge >= 0.3 is 5.97 Å². The van der Waals surface area contributed by atoms with Gasteiger partial charge in [-0.1, -0.05) is 13.8 Å². The van der Waals surface area contributed by atoms with E-state index in [1.807, 2.05) is 13.8 Å². The summed E-state index contributed by atoms with van der Waals surface area (Å²) >= 11 is 0. The quantitative estimate of drug-likeness (QED) is 0.405. The molecule has 0 radical (unpaired) electrons. The van der Waals surface area contributed by atoms with Gasteiger partial charge in [0.2, 0.25) is 11.8 Å². The van der Waals surface area contributed by atoms with Crippen molar-refractivity contribution in [3.63, 3.8) is 0 Å². The molecule has 1 aromatic rings. The van der Waals surface area contributed by atoms with Crippen LogP contribution >= 0.6 is 0 Å². The van der Waals surface area contributed by atoms with Crippen LogP contribution in [0.25, 0.3) is 0 Å². The molecule has 3 unspecified atom stereocenters. The average Bonchev–Trinajstić information content (AvgIpc) is 2.98. The number of hydrogen-bond acceptors (Lipinski definition) is 5. The molecule has 0 saturated heterocycles. The lowest BCUT2D eigenvalue weighted by molar-refractivity contribution is -0.141. The van der Waals surface area contributed by atoms with E-state index >= 15 is 0 Å². The molecule has 3 atom stereocenters. The van der Waals surface area contributed by atoms with Gasteiger partial charge in [-0.2, -0.15) is 0 Å². The Kier molecular flexibility index (Phi) is 7.37. The van der Waals surface area contributed by atoms with E-state index in [-0.39, 0.29) is 12.3 Å². The summed E-state index contributed by atoms with van der Waals surface area (Å²) in [4.78, 5) is 42.0. The zero-order valence-electron chi connectivity index (χ0n) is 14.1. The maximum Gasteiger partial charge on any atom is 0.325 e. The van der Waals surface area contributed by atoms with Gasteiger partial charge in [0.25, 0.3) is 0 Å². The van der Waals surface area contributed by atoms with E-state index in [0.29, 0.717) is 12.1 Å². The van der Waals surface area contributed by atoms with Crippen LogP contribution in [0.4, 0.5) is 0 Å². The van der Waals surface area contributed by atoms with Crippen LogP contribution in [0.1, 0.15) is 32.9 Å². The predicted octanol–water partition coefficient (Wildman–Crippen LogP) is -0.600. The van der Waals surface area contributed by atoms with E-state index in [2.05, 4.69) is 20.6 Å². The third-order valence-electron chi connectivity index (χ3n) is 3.40. The second kappa shape index (κ2) is 9.02. The first-order valence-electron chi connectivity index (χ1n) is 7.77. The molecule has 24 heavy (non-hydrogen) atoms. The van der Waals surface area contributed by atoms with Crippen molar-refractivity contribution in [1.82, 2.24) is 20.6 Å². The number of nitrogens with two attached hydrogens (primary N) is 1. The molecule has 2 amide bonds. The van der Waals surface area contributed by atoms with Crippen LogP contribution in [-0.2, 0) is 20.8 Å². The van der Waals surface area contributed by atoms with Gasteiger partial charge in [0.05, 0.1) is 12.4 Å². The summed E-state index contributed by atoms with van der Waals surface area (Å²) in [7, 11) is 0. The Hall–Kier alpha value is -2.42. The van der Waals surface area contributed by atoms with E-state index < -0.39 is 35.9 Å². The highest BCUT2D eigenvalue weighted by molar-refractivity contribution is 5.91. The first-order valence-corrected chi connectivity index (χ1v) is 7.77. The SMILES string of the molecule is CC(C)CC(NC(=O)C(N)Cc1cnc[nH]1)C(=O)NC(C)C(=O)O. The largest absolute Gasteiger partial charge is 0.480 e. The van der Waals surface area contributed by atoms with Gasteiger partial charge in [0.15, 0.2) is 0 Å². The Morgan fingerprint density at radius 1 is 1.25 bits per heavy atom. The van der Waals surface area contributed by atoms with E-state index in [0.717, 1.165) is 0 Å². The highest BCUT2D eigenvalue weighted by Gasteiger charge is 2.27. The van der Waals surface area contributed by atoms with Crippen LogP contribution in [0.5, 0.6) is 0 Å². The Balaban J connectivity index is 2.68. The second-order valence-corrected chi connectivity index (χ2v) is 6.15. The van der Waals surface area contributed by atoms with Crippen molar-refractivity contribution in [1.29, 1.82) is 0 Å². The number of carboxylic acids is 1. The monoisotopic (exact) mass is 339 g/mol. The van der Waals surface area contributed by atoms with E-state index in [1.54, 1.807) is 6.20 Å². The molecule has 0 aliphatic rings. The number of rotatable bonds is 9. The second-order valence-electron chi connectivity index (χ2n) is 6.15. The maximum atomic E-state index is 12.2. The summed E-state index contributed by atoms with van der Waals surface area (Å²) in [6.07, 6.45) is 3.69. The first-order chi connectivity index (χ1) is 11.2. The number of carbonyl (C=O) groups is 3. The molecule has 1 rings (SSSR count). The molecule has 0 aromatic carbocycles. The molecule has 1 heterocycles. The number of H-pyrrole nitrogens is 1. The Morgan fingerprint density at radius 2 is 1.92 bits per heavy atom. The van der Waals surface area contributed by atoms with Crippen LogP contribution in [-0.4, -0.2) is 51.0 Å². The number of nitrogens with one attached hydrogen (secondary N) is 3. The number of carboxylic acid groups (broad SMARTS) is 1. The molecule has 0 fully saturated rings. The van der Waals surface area contributed by atoms with Crippen molar-refractivity contribution in [3.8, 4) is 0 Å². The molecule has 1 aromatic heterocycles. The molecular weight excluding hydrogens is 314 g/mol. The molecular formula is C15H25N5O4. The fraction of sp³-hybridized carbons (Fsp3) is 0.600. The van der Waals surface area contributed by atoms with Crippen LogP contribution < -0.4 is 16.4 Å². The Labute approximate surface area is 140 Å². The average molecular weight is 339 g/mol. The van der Waals surface area contributed by atoms with Gasteiger partial charge in [0, 0.05) is 18.3 Å². The Morgan fingerprint density at radius 3 is 2.42 bits per heavy atom. The van der Waals surface area contributed by atoms with E-state index in [9.17, 15) is 14.4 Å². The van der Waals surface area contributed by atoms with Crippen LogP contribution in [0.3, 0.4) is 0 Å². The lowest BCUT2D eigenvalue weighted by Gasteiger charge is -2.23. The van der Waals surface area contributed by atoms with Crippen LogP contribution in [0.2, 0.25) is 0 Å². The van der Waals surface area contributed by atoms with Crippen molar-refractivity contribution in [2.45, 2.75) is 51.7 Å². The maximum absolute atomic E-state index is 12.2. The lowest BCUT2D eigenvalue weighted by atomic mass is 10.0. The topological polar surface area (TPSA) is 150 Å². The molecule has 9 heteroatoms. The minimum atomic E-state index is -1.14. The van der Waals surface area contributed by atoms with Gasteiger partial charge in [0.1, 0.15) is 12.1 Å². The molecule has 0 aliphatic heterocycles. The molecule has 134 valence electrons. The molecule has 6 N–H and O–H groups in total. The summed E-state index contributed by atoms with van der Waals surface area (Å²) in [6.45, 7) is 5.16. The minimum absolute atomic E-state index is 0.130. The van der Waals surface area contributed by atoms with Crippen LogP contribution in [0, 0.1) is 5.92 Å². The smallest absolute Gasteiger partial charge is 0.325 e. The van der Waals surface area contributed by atoms with Gasteiger partial charge in [-0.05, 0) is 19.3 Å². The molecule has 0 aliphatic carbocycles. The van der Waals surface area contributed by atoms with Gasteiger partial charge < -0.3 is 26.5 Å². The number of imidazole rings is 1. The van der Waals surface area contributed by atoms with Crippen LogP contribution in [0.15, 0.2) is 12.5 Å². The van der Waals surface area contributed by atoms with Gasteiger partial charge in [-0.25, -0.2) is 4.98 Å². The lowest BCUT2D eigenvalue weighted by Crippen LogP contribution is -2.54. The van der Waals surface area contributed by atoms with Crippen molar-refractivity contribution in [2.24, 2.45) is 11.7 Å². The highest BCUT2D eigenvalue weighted by Crippen LogP contribution is 2.06. The molecule has 0 spiro atoms. The Bertz CT molecular complexity index is 558. The number of aromatic amines is 1. The number of aliphatic carboxylic acids is 1. The van der Waals surface area contributed by atoms with Crippen molar-refractivity contribution in [2.75, 3.05) is 0 Å². The molecule has 9 nitrogen and oxygen atoms in total. The highest BCUT2D eigenvalue weighted by atomic mass is 16.4. The summed E-state index contributed by atoms with van der Waals surface area (Å²) in [6, 6.07) is -2.72. The number of amides is 2. The fourth-order valence-corrected chi connectivity index (χ4v) is 2.08. The summed E-state index contributed by atoms with van der Waals surface area (Å²) in [5, 5.41) is 13.8. The van der Waals surface area contributed by atoms with Gasteiger partial charge in [-0.3, -0.25) is 14.4 Å². The number of nitrogens with zero attached hydrogens (tertiary/aromatic N) is 1. The normalized spacial score (nSPS) is 14.7. The third-order valence-corrected chi connectivity index (χ3v) is 3.40. The minimum Gasteiger partial charge on any atom is -0.480 e. The van der Waals surface area contributed by atoms with Crippen molar-refractivity contribution < 1.29 is 19.5 Å².